The van der Waals surface area contributed by atoms with E-state index in [-0.39, 0.29) is 0 Å². The number of hydrogen-bond acceptors (Lipinski definition) is 0. The third kappa shape index (κ3) is 3.48. The monoisotopic (exact) mass is 194 g/mol. The molecule has 3 unspecified atom stereocenters. The van der Waals surface area contributed by atoms with Gasteiger partial charge in [0.25, 0.3) is 0 Å². The van der Waals surface area contributed by atoms with Crippen LogP contribution in [0.25, 0.3) is 0 Å². The van der Waals surface area contributed by atoms with Gasteiger partial charge in [0.1, 0.15) is 0 Å². The van der Waals surface area contributed by atoms with Crippen molar-refractivity contribution in [2.75, 3.05) is 0 Å². The van der Waals surface area contributed by atoms with Crippen LogP contribution in [-0.4, -0.2) is 0 Å². The molecule has 14 heavy (non-hydrogen) atoms. The van der Waals surface area contributed by atoms with Gasteiger partial charge in [-0.2, -0.15) is 0 Å². The molecule has 0 aliphatic heterocycles. The maximum Gasteiger partial charge on any atom is -0.0326 e. The minimum absolute atomic E-state index is 0.867. The summed E-state index contributed by atoms with van der Waals surface area (Å²) in [7, 11) is 0. The summed E-state index contributed by atoms with van der Waals surface area (Å²) in [5, 5.41) is 0. The van der Waals surface area contributed by atoms with E-state index >= 15 is 0 Å². The Morgan fingerprint density at radius 1 is 1.36 bits per heavy atom. The van der Waals surface area contributed by atoms with Gasteiger partial charge in [-0.25, -0.2) is 0 Å². The third-order valence-electron chi connectivity index (χ3n) is 3.88. The number of rotatable bonds is 6. The normalized spacial score (nSPS) is 27.8. The largest absolute Gasteiger partial charge is 0.100 e. The van der Waals surface area contributed by atoms with E-state index in [4.69, 9.17) is 0 Å². The molecule has 1 aliphatic carbocycles. The second-order valence-corrected chi connectivity index (χ2v) is 5.61. The minimum Gasteiger partial charge on any atom is -0.100 e. The lowest BCUT2D eigenvalue weighted by Crippen LogP contribution is -2.07. The van der Waals surface area contributed by atoms with Crippen molar-refractivity contribution < 1.29 is 0 Å². The van der Waals surface area contributed by atoms with Gasteiger partial charge in [-0.1, -0.05) is 26.3 Å². The molecule has 0 heterocycles. The molecule has 1 fully saturated rings. The van der Waals surface area contributed by atoms with Crippen molar-refractivity contribution in [1.82, 2.24) is 0 Å². The van der Waals surface area contributed by atoms with Crippen LogP contribution in [0.5, 0.6) is 0 Å². The summed E-state index contributed by atoms with van der Waals surface area (Å²) < 4.78 is 0. The molecule has 0 bridgehead atoms. The highest BCUT2D eigenvalue weighted by atomic mass is 14.5. The summed E-state index contributed by atoms with van der Waals surface area (Å²) in [6, 6.07) is 0. The summed E-state index contributed by atoms with van der Waals surface area (Å²) >= 11 is 0. The fourth-order valence-electron chi connectivity index (χ4n) is 2.41. The molecule has 0 nitrogen and oxygen atoms in total. The zero-order valence-corrected chi connectivity index (χ0v) is 10.3. The van der Waals surface area contributed by atoms with Crippen LogP contribution >= 0.6 is 0 Å². The summed E-state index contributed by atoms with van der Waals surface area (Å²) in [4.78, 5) is 0. The first kappa shape index (κ1) is 11.8. The fraction of sp³-hybridized carbons (Fsp3) is 0.857. The van der Waals surface area contributed by atoms with Gasteiger partial charge in [0, 0.05) is 0 Å². The number of allylic oxidation sites excluding steroid dienone is 1. The average Bonchev–Trinajstić information content (AvgIpc) is 2.82. The Balaban J connectivity index is 2.11. The predicted octanol–water partition coefficient (Wildman–Crippen LogP) is 4.66. The quantitative estimate of drug-likeness (QED) is 0.539. The van der Waals surface area contributed by atoms with Crippen LogP contribution in [0.3, 0.4) is 0 Å². The van der Waals surface area contributed by atoms with E-state index in [1.165, 1.54) is 31.3 Å². The molecule has 82 valence electrons. The first-order valence-corrected chi connectivity index (χ1v) is 6.16. The molecular weight excluding hydrogens is 168 g/mol. The van der Waals surface area contributed by atoms with Crippen molar-refractivity contribution in [3.05, 3.63) is 12.2 Å². The van der Waals surface area contributed by atoms with E-state index in [1.54, 1.807) is 0 Å². The lowest BCUT2D eigenvalue weighted by atomic mass is 9.91. The molecule has 0 radical (unpaired) electrons. The summed E-state index contributed by atoms with van der Waals surface area (Å²) in [5.74, 6) is 3.89. The van der Waals surface area contributed by atoms with Crippen LogP contribution in [0.4, 0.5) is 0 Å². The van der Waals surface area contributed by atoms with Crippen molar-refractivity contribution in [3.8, 4) is 0 Å². The van der Waals surface area contributed by atoms with Crippen molar-refractivity contribution in [2.24, 2.45) is 23.7 Å². The van der Waals surface area contributed by atoms with Gasteiger partial charge in [0.15, 0.2) is 0 Å². The number of hydrogen-bond donors (Lipinski definition) is 0. The lowest BCUT2D eigenvalue weighted by molar-refractivity contribution is 0.349. The maximum absolute atomic E-state index is 3.95. The molecule has 1 saturated carbocycles. The van der Waals surface area contributed by atoms with E-state index in [0.29, 0.717) is 0 Å². The Labute approximate surface area is 89.8 Å². The Kier molecular flexibility index (Phi) is 4.22. The van der Waals surface area contributed by atoms with Gasteiger partial charge < -0.3 is 0 Å². The van der Waals surface area contributed by atoms with Crippen molar-refractivity contribution in [2.45, 2.75) is 53.4 Å². The van der Waals surface area contributed by atoms with Gasteiger partial charge in [0.05, 0.1) is 0 Å². The summed E-state index contributed by atoms with van der Waals surface area (Å²) in [6.45, 7) is 13.2. The Morgan fingerprint density at radius 3 is 2.50 bits per heavy atom. The molecule has 0 aromatic heterocycles. The standard InChI is InChI=1S/C14H26/c1-10(2)7-6-8-13-9-14(13)12(5)11(3)4/h11-14H,1,6-9H2,2-5H3. The lowest BCUT2D eigenvalue weighted by Gasteiger charge is -2.15. The second kappa shape index (κ2) is 5.00. The topological polar surface area (TPSA) is 0 Å². The van der Waals surface area contributed by atoms with Crippen LogP contribution < -0.4 is 0 Å². The highest BCUT2D eigenvalue weighted by Crippen LogP contribution is 2.49. The molecule has 0 N–H and O–H groups in total. The second-order valence-electron chi connectivity index (χ2n) is 5.61. The fourth-order valence-corrected chi connectivity index (χ4v) is 2.41. The molecule has 0 amide bonds. The molecule has 0 aromatic rings. The molecule has 1 rings (SSSR count). The van der Waals surface area contributed by atoms with Gasteiger partial charge in [-0.3, -0.25) is 0 Å². The highest BCUT2D eigenvalue weighted by Gasteiger charge is 2.40. The molecule has 1 aliphatic rings. The molecule has 3 atom stereocenters. The smallest absolute Gasteiger partial charge is 0.0326 e. The van der Waals surface area contributed by atoms with Crippen LogP contribution in [0.15, 0.2) is 12.2 Å². The zero-order valence-electron chi connectivity index (χ0n) is 10.3. The molecule has 0 heteroatoms. The zero-order chi connectivity index (χ0) is 10.7. The first-order valence-electron chi connectivity index (χ1n) is 6.16. The van der Waals surface area contributed by atoms with Crippen LogP contribution in [0.2, 0.25) is 0 Å². The maximum atomic E-state index is 3.95. The highest BCUT2D eigenvalue weighted by molar-refractivity contribution is 4.93. The van der Waals surface area contributed by atoms with E-state index in [0.717, 1.165) is 23.7 Å². The van der Waals surface area contributed by atoms with Crippen LogP contribution in [0.1, 0.15) is 53.4 Å². The van der Waals surface area contributed by atoms with E-state index < -0.39 is 0 Å². The minimum atomic E-state index is 0.867. The molecule has 0 aromatic carbocycles. The van der Waals surface area contributed by atoms with E-state index in [2.05, 4.69) is 34.3 Å². The van der Waals surface area contributed by atoms with Gasteiger partial charge >= 0.3 is 0 Å². The van der Waals surface area contributed by atoms with Gasteiger partial charge in [0.2, 0.25) is 0 Å². The first-order chi connectivity index (χ1) is 6.52. The Hall–Kier alpha value is -0.260. The average molecular weight is 194 g/mol. The van der Waals surface area contributed by atoms with Gasteiger partial charge in [-0.15, -0.1) is 6.58 Å². The summed E-state index contributed by atoms with van der Waals surface area (Å²) in [5.41, 5.74) is 1.35. The van der Waals surface area contributed by atoms with Crippen molar-refractivity contribution >= 4 is 0 Å². The third-order valence-corrected chi connectivity index (χ3v) is 3.88. The van der Waals surface area contributed by atoms with E-state index in [1.807, 2.05) is 0 Å². The van der Waals surface area contributed by atoms with Crippen molar-refractivity contribution in [3.63, 3.8) is 0 Å². The molecule has 0 spiro atoms. The van der Waals surface area contributed by atoms with Crippen LogP contribution in [0, 0.1) is 23.7 Å². The molecule has 0 saturated heterocycles. The summed E-state index contributed by atoms with van der Waals surface area (Å²) in [6.07, 6.45) is 5.53. The van der Waals surface area contributed by atoms with Crippen molar-refractivity contribution in [1.29, 1.82) is 0 Å². The van der Waals surface area contributed by atoms with Crippen LogP contribution in [-0.2, 0) is 0 Å². The Morgan fingerprint density at radius 2 is 2.00 bits per heavy atom. The van der Waals surface area contributed by atoms with Gasteiger partial charge in [-0.05, 0) is 56.3 Å². The Bertz CT molecular complexity index is 190. The SMILES string of the molecule is C=C(C)CCCC1CC1C(C)C(C)C. The predicted molar refractivity (Wildman–Crippen MR) is 64.3 cm³/mol. The molecular formula is C14H26. The van der Waals surface area contributed by atoms with E-state index in [9.17, 15) is 0 Å².